The summed E-state index contributed by atoms with van der Waals surface area (Å²) in [6, 6.07) is 3.55. The van der Waals surface area contributed by atoms with Crippen LogP contribution in [0.5, 0.6) is 0 Å². The van der Waals surface area contributed by atoms with Crippen molar-refractivity contribution in [3.8, 4) is 0 Å². The Morgan fingerprint density at radius 3 is 2.89 bits per heavy atom. The van der Waals surface area contributed by atoms with E-state index >= 15 is 0 Å². The van der Waals surface area contributed by atoms with Gasteiger partial charge in [-0.15, -0.1) is 0 Å². The van der Waals surface area contributed by atoms with Crippen LogP contribution in [0.3, 0.4) is 0 Å². The van der Waals surface area contributed by atoms with Crippen LogP contribution in [0.2, 0.25) is 0 Å². The van der Waals surface area contributed by atoms with Crippen molar-refractivity contribution in [2.45, 2.75) is 25.7 Å². The Balaban J connectivity index is 1.92. The average molecular weight is 248 g/mol. The Kier molecular flexibility index (Phi) is 4.31. The van der Waals surface area contributed by atoms with Gasteiger partial charge in [-0.05, 0) is 25.0 Å². The Morgan fingerprint density at radius 2 is 2.28 bits per heavy atom. The van der Waals surface area contributed by atoms with Crippen LogP contribution in [-0.2, 0) is 4.74 Å². The fourth-order valence-electron chi connectivity index (χ4n) is 2.67. The van der Waals surface area contributed by atoms with Crippen LogP contribution in [0.25, 0.3) is 0 Å². The molecule has 0 spiro atoms. The number of pyridine rings is 1. The summed E-state index contributed by atoms with van der Waals surface area (Å²) in [4.78, 5) is 15.9. The molecule has 0 radical (unpaired) electrons. The molecule has 1 N–H and O–H groups in total. The predicted octanol–water partition coefficient (Wildman–Crippen LogP) is 2.02. The largest absolute Gasteiger partial charge is 0.384 e. The maximum atomic E-state index is 12.0. The summed E-state index contributed by atoms with van der Waals surface area (Å²) in [6.07, 6.45) is 7.98. The topological polar surface area (TPSA) is 51.2 Å². The average Bonchev–Trinajstić information content (AvgIpc) is 2.87. The first kappa shape index (κ1) is 13.0. The van der Waals surface area contributed by atoms with Gasteiger partial charge in [0.25, 0.3) is 5.91 Å². The number of hydrogen-bond donors (Lipinski definition) is 1. The van der Waals surface area contributed by atoms with E-state index in [-0.39, 0.29) is 11.3 Å². The fourth-order valence-corrected chi connectivity index (χ4v) is 2.67. The molecule has 2 rings (SSSR count). The van der Waals surface area contributed by atoms with Crippen molar-refractivity contribution in [2.75, 3.05) is 20.3 Å². The minimum absolute atomic E-state index is 0.0505. The van der Waals surface area contributed by atoms with Gasteiger partial charge in [0.1, 0.15) is 0 Å². The van der Waals surface area contributed by atoms with Crippen LogP contribution in [-0.4, -0.2) is 31.2 Å². The summed E-state index contributed by atoms with van der Waals surface area (Å²) < 4.78 is 5.30. The van der Waals surface area contributed by atoms with E-state index in [9.17, 15) is 4.79 Å². The zero-order valence-corrected chi connectivity index (χ0v) is 10.8. The van der Waals surface area contributed by atoms with Gasteiger partial charge >= 0.3 is 0 Å². The lowest BCUT2D eigenvalue weighted by molar-refractivity contribution is 0.0740. The van der Waals surface area contributed by atoms with E-state index in [4.69, 9.17) is 4.74 Å². The molecule has 0 saturated heterocycles. The van der Waals surface area contributed by atoms with E-state index < -0.39 is 0 Å². The number of amides is 1. The van der Waals surface area contributed by atoms with Crippen LogP contribution in [0.15, 0.2) is 24.5 Å². The second-order valence-electron chi connectivity index (χ2n) is 5.06. The molecule has 1 aromatic heterocycles. The van der Waals surface area contributed by atoms with Crippen LogP contribution in [0.1, 0.15) is 36.0 Å². The molecule has 0 aromatic carbocycles. The Morgan fingerprint density at radius 1 is 1.50 bits per heavy atom. The number of hydrogen-bond acceptors (Lipinski definition) is 3. The van der Waals surface area contributed by atoms with Gasteiger partial charge in [-0.1, -0.05) is 12.8 Å². The summed E-state index contributed by atoms with van der Waals surface area (Å²) >= 11 is 0. The van der Waals surface area contributed by atoms with Crippen molar-refractivity contribution in [3.63, 3.8) is 0 Å². The first-order chi connectivity index (χ1) is 8.76. The molecule has 4 nitrogen and oxygen atoms in total. The van der Waals surface area contributed by atoms with Crippen LogP contribution in [0.4, 0.5) is 0 Å². The first-order valence-electron chi connectivity index (χ1n) is 6.43. The lowest BCUT2D eigenvalue weighted by Crippen LogP contribution is -2.38. The third kappa shape index (κ3) is 3.07. The van der Waals surface area contributed by atoms with Crippen LogP contribution >= 0.6 is 0 Å². The molecule has 1 amide bonds. The fraction of sp³-hybridized carbons (Fsp3) is 0.571. The van der Waals surface area contributed by atoms with Crippen molar-refractivity contribution in [1.82, 2.24) is 10.3 Å². The van der Waals surface area contributed by atoms with Gasteiger partial charge in [-0.3, -0.25) is 9.78 Å². The SMILES string of the molecule is COCC1(CNC(=O)c2cccnc2)CCCC1. The second kappa shape index (κ2) is 5.96. The molecule has 0 bridgehead atoms. The summed E-state index contributed by atoms with van der Waals surface area (Å²) in [5.74, 6) is -0.0505. The molecule has 98 valence electrons. The van der Waals surface area contributed by atoms with Gasteiger partial charge in [-0.2, -0.15) is 0 Å². The summed E-state index contributed by atoms with van der Waals surface area (Å²) in [6.45, 7) is 1.41. The molecule has 0 unspecified atom stereocenters. The van der Waals surface area contributed by atoms with Gasteiger partial charge in [0.05, 0.1) is 12.2 Å². The van der Waals surface area contributed by atoms with Crippen LogP contribution < -0.4 is 5.32 Å². The molecule has 1 aliphatic rings. The normalized spacial score (nSPS) is 17.6. The number of aromatic nitrogens is 1. The van der Waals surface area contributed by atoms with E-state index in [2.05, 4.69) is 10.3 Å². The lowest BCUT2D eigenvalue weighted by Gasteiger charge is -2.28. The van der Waals surface area contributed by atoms with Crippen LogP contribution in [0, 0.1) is 5.41 Å². The molecule has 1 aromatic rings. The molecule has 4 heteroatoms. The standard InChI is InChI=1S/C14H20N2O2/c1-18-11-14(6-2-3-7-14)10-16-13(17)12-5-4-8-15-9-12/h4-5,8-9H,2-3,6-7,10-11H2,1H3,(H,16,17). The van der Waals surface area contributed by atoms with Gasteiger partial charge in [0.2, 0.25) is 0 Å². The molecule has 1 fully saturated rings. The third-order valence-corrected chi connectivity index (χ3v) is 3.66. The number of methoxy groups -OCH3 is 1. The minimum atomic E-state index is -0.0505. The molecule has 1 aliphatic carbocycles. The highest BCUT2D eigenvalue weighted by atomic mass is 16.5. The summed E-state index contributed by atoms with van der Waals surface area (Å²) in [7, 11) is 1.73. The third-order valence-electron chi connectivity index (χ3n) is 3.66. The molecule has 1 heterocycles. The number of nitrogens with zero attached hydrogens (tertiary/aromatic N) is 1. The number of carbonyl (C=O) groups is 1. The summed E-state index contributed by atoms with van der Waals surface area (Å²) in [5.41, 5.74) is 0.746. The zero-order chi connectivity index (χ0) is 12.8. The van der Waals surface area contributed by atoms with Gasteiger partial charge < -0.3 is 10.1 Å². The number of nitrogens with one attached hydrogen (secondary N) is 1. The second-order valence-corrected chi connectivity index (χ2v) is 5.06. The van der Waals surface area contributed by atoms with E-state index in [1.54, 1.807) is 31.6 Å². The smallest absolute Gasteiger partial charge is 0.252 e. The summed E-state index contributed by atoms with van der Waals surface area (Å²) in [5, 5.41) is 3.01. The van der Waals surface area contributed by atoms with Crippen molar-refractivity contribution in [1.29, 1.82) is 0 Å². The van der Waals surface area contributed by atoms with Crippen molar-refractivity contribution >= 4 is 5.91 Å². The molecule has 1 saturated carbocycles. The molecular weight excluding hydrogens is 228 g/mol. The van der Waals surface area contributed by atoms with E-state index in [0.717, 1.165) is 19.4 Å². The maximum absolute atomic E-state index is 12.0. The number of rotatable bonds is 5. The van der Waals surface area contributed by atoms with E-state index in [0.29, 0.717) is 12.1 Å². The lowest BCUT2D eigenvalue weighted by atomic mass is 9.87. The number of carbonyl (C=O) groups excluding carboxylic acids is 1. The monoisotopic (exact) mass is 248 g/mol. The Bertz CT molecular complexity index is 386. The van der Waals surface area contributed by atoms with E-state index in [1.165, 1.54) is 12.8 Å². The Labute approximate surface area is 108 Å². The highest BCUT2D eigenvalue weighted by Gasteiger charge is 2.34. The van der Waals surface area contributed by atoms with Gasteiger partial charge in [0.15, 0.2) is 0 Å². The zero-order valence-electron chi connectivity index (χ0n) is 10.8. The quantitative estimate of drug-likeness (QED) is 0.867. The van der Waals surface area contributed by atoms with Crippen molar-refractivity contribution in [3.05, 3.63) is 30.1 Å². The maximum Gasteiger partial charge on any atom is 0.252 e. The molecule has 18 heavy (non-hydrogen) atoms. The minimum Gasteiger partial charge on any atom is -0.384 e. The number of ether oxygens (including phenoxy) is 1. The predicted molar refractivity (Wildman–Crippen MR) is 69.3 cm³/mol. The van der Waals surface area contributed by atoms with Gasteiger partial charge in [-0.25, -0.2) is 0 Å². The Hall–Kier alpha value is -1.42. The van der Waals surface area contributed by atoms with Crippen molar-refractivity contribution in [2.24, 2.45) is 5.41 Å². The van der Waals surface area contributed by atoms with Crippen molar-refractivity contribution < 1.29 is 9.53 Å². The first-order valence-corrected chi connectivity index (χ1v) is 6.43. The molecule has 0 atom stereocenters. The highest BCUT2D eigenvalue weighted by Crippen LogP contribution is 2.37. The molecular formula is C14H20N2O2. The highest BCUT2D eigenvalue weighted by molar-refractivity contribution is 5.93. The van der Waals surface area contributed by atoms with E-state index in [1.807, 2.05) is 0 Å². The van der Waals surface area contributed by atoms with Gasteiger partial charge in [0, 0.05) is 31.5 Å². The molecule has 0 aliphatic heterocycles.